The third kappa shape index (κ3) is 2.73. The zero-order valence-corrected chi connectivity index (χ0v) is 8.99. The van der Waals surface area contributed by atoms with Gasteiger partial charge in [-0.15, -0.1) is 0 Å². The van der Waals surface area contributed by atoms with Crippen molar-refractivity contribution in [2.75, 3.05) is 11.9 Å². The average molecular weight is 219 g/mol. The van der Waals surface area contributed by atoms with Crippen molar-refractivity contribution in [1.29, 1.82) is 0 Å². The molecule has 2 aromatic heterocycles. The Labute approximate surface area is 92.5 Å². The van der Waals surface area contributed by atoms with Gasteiger partial charge < -0.3 is 14.7 Å². The normalized spacial score (nSPS) is 10.3. The zero-order valence-electron chi connectivity index (χ0n) is 8.99. The first kappa shape index (κ1) is 10.5. The number of anilines is 1. The third-order valence-corrected chi connectivity index (χ3v) is 2.12. The monoisotopic (exact) mass is 219 g/mol. The van der Waals surface area contributed by atoms with E-state index in [2.05, 4.69) is 15.3 Å². The minimum Gasteiger partial charge on any atom is -0.469 e. The van der Waals surface area contributed by atoms with Crippen LogP contribution in [0.3, 0.4) is 0 Å². The molecule has 0 amide bonds. The van der Waals surface area contributed by atoms with Crippen molar-refractivity contribution in [2.24, 2.45) is 0 Å². The molecule has 2 rings (SSSR count). The van der Waals surface area contributed by atoms with E-state index in [1.807, 2.05) is 12.1 Å². The number of nitrogens with zero attached hydrogens (tertiary/aromatic N) is 1. The Hall–Kier alpha value is -2.04. The van der Waals surface area contributed by atoms with Gasteiger partial charge in [0.15, 0.2) is 0 Å². The molecule has 0 atom stereocenters. The van der Waals surface area contributed by atoms with Crippen molar-refractivity contribution in [3.8, 4) is 0 Å². The van der Waals surface area contributed by atoms with Gasteiger partial charge in [-0.25, -0.2) is 4.98 Å². The lowest BCUT2D eigenvalue weighted by Crippen LogP contribution is -2.13. The van der Waals surface area contributed by atoms with Crippen LogP contribution in [-0.4, -0.2) is 16.5 Å². The van der Waals surface area contributed by atoms with E-state index in [1.54, 1.807) is 13.2 Å². The van der Waals surface area contributed by atoms with Gasteiger partial charge >= 0.3 is 0 Å². The van der Waals surface area contributed by atoms with E-state index >= 15 is 0 Å². The van der Waals surface area contributed by atoms with Gasteiger partial charge in [0.1, 0.15) is 17.4 Å². The molecule has 0 fully saturated rings. The van der Waals surface area contributed by atoms with Crippen LogP contribution < -0.4 is 10.9 Å². The molecule has 84 valence electrons. The van der Waals surface area contributed by atoms with Crippen LogP contribution in [-0.2, 0) is 6.42 Å². The zero-order chi connectivity index (χ0) is 11.4. The van der Waals surface area contributed by atoms with Gasteiger partial charge in [0.05, 0.1) is 6.26 Å². The maximum absolute atomic E-state index is 11.1. The van der Waals surface area contributed by atoms with Gasteiger partial charge in [-0.2, -0.15) is 0 Å². The van der Waals surface area contributed by atoms with Gasteiger partial charge in [0.25, 0.3) is 5.56 Å². The van der Waals surface area contributed by atoms with Crippen molar-refractivity contribution < 1.29 is 4.42 Å². The van der Waals surface area contributed by atoms with Crippen LogP contribution in [0.1, 0.15) is 11.6 Å². The highest BCUT2D eigenvalue weighted by molar-refractivity contribution is 5.32. The van der Waals surface area contributed by atoms with E-state index < -0.39 is 0 Å². The number of hydrogen-bond donors (Lipinski definition) is 2. The molecular weight excluding hydrogens is 206 g/mol. The summed E-state index contributed by atoms with van der Waals surface area (Å²) in [5.41, 5.74) is -0.145. The number of furan rings is 1. The third-order valence-electron chi connectivity index (χ3n) is 2.12. The van der Waals surface area contributed by atoms with Crippen molar-refractivity contribution in [2.45, 2.75) is 13.3 Å². The summed E-state index contributed by atoms with van der Waals surface area (Å²) in [7, 11) is 0. The summed E-state index contributed by atoms with van der Waals surface area (Å²) < 4.78 is 5.19. The first-order chi connectivity index (χ1) is 7.74. The summed E-state index contributed by atoms with van der Waals surface area (Å²) >= 11 is 0. The molecule has 0 aliphatic rings. The number of hydrogen-bond acceptors (Lipinski definition) is 4. The van der Waals surface area contributed by atoms with Crippen molar-refractivity contribution in [3.63, 3.8) is 0 Å². The van der Waals surface area contributed by atoms with Crippen LogP contribution in [0, 0.1) is 6.92 Å². The maximum Gasteiger partial charge on any atom is 0.252 e. The lowest BCUT2D eigenvalue weighted by atomic mass is 10.3. The molecule has 0 bridgehead atoms. The molecule has 0 unspecified atom stereocenters. The van der Waals surface area contributed by atoms with Gasteiger partial charge in [-0.3, -0.25) is 4.79 Å². The molecule has 5 heteroatoms. The Morgan fingerprint density at radius 1 is 1.56 bits per heavy atom. The lowest BCUT2D eigenvalue weighted by molar-refractivity contribution is 0.513. The number of aryl methyl sites for hydroxylation is 1. The van der Waals surface area contributed by atoms with E-state index in [9.17, 15) is 4.79 Å². The molecular formula is C11H13N3O2. The maximum atomic E-state index is 11.1. The molecule has 2 aromatic rings. The van der Waals surface area contributed by atoms with Crippen molar-refractivity contribution >= 4 is 5.82 Å². The molecule has 2 heterocycles. The second kappa shape index (κ2) is 4.65. The first-order valence-corrected chi connectivity index (χ1v) is 5.08. The second-order valence-electron chi connectivity index (χ2n) is 3.47. The molecule has 0 saturated heterocycles. The molecule has 0 saturated carbocycles. The van der Waals surface area contributed by atoms with Crippen molar-refractivity contribution in [1.82, 2.24) is 9.97 Å². The Kier molecular flexibility index (Phi) is 3.05. The van der Waals surface area contributed by atoms with Crippen LogP contribution in [0.15, 0.2) is 33.7 Å². The summed E-state index contributed by atoms with van der Waals surface area (Å²) in [6, 6.07) is 5.21. The first-order valence-electron chi connectivity index (χ1n) is 5.08. The molecule has 0 aliphatic carbocycles. The SMILES string of the molecule is Cc1nc(NCCc2ccco2)cc(=O)[nH]1. The van der Waals surface area contributed by atoms with Gasteiger partial charge in [0.2, 0.25) is 0 Å². The number of rotatable bonds is 4. The molecule has 0 aliphatic heterocycles. The fourth-order valence-electron chi connectivity index (χ4n) is 1.44. The summed E-state index contributed by atoms with van der Waals surface area (Å²) in [6.45, 7) is 2.43. The molecule has 5 nitrogen and oxygen atoms in total. The summed E-state index contributed by atoms with van der Waals surface area (Å²) in [6.07, 6.45) is 2.41. The van der Waals surface area contributed by atoms with Gasteiger partial charge in [-0.05, 0) is 19.1 Å². The highest BCUT2D eigenvalue weighted by Crippen LogP contribution is 2.02. The van der Waals surface area contributed by atoms with Crippen LogP contribution in [0.5, 0.6) is 0 Å². The van der Waals surface area contributed by atoms with E-state index in [0.29, 0.717) is 18.2 Å². The lowest BCUT2D eigenvalue weighted by Gasteiger charge is -2.04. The van der Waals surface area contributed by atoms with Crippen LogP contribution in [0.4, 0.5) is 5.82 Å². The van der Waals surface area contributed by atoms with Gasteiger partial charge in [0, 0.05) is 19.0 Å². The van der Waals surface area contributed by atoms with Crippen LogP contribution in [0.2, 0.25) is 0 Å². The summed E-state index contributed by atoms with van der Waals surface area (Å²) in [5.74, 6) is 2.11. The largest absolute Gasteiger partial charge is 0.469 e. The van der Waals surface area contributed by atoms with Crippen molar-refractivity contribution in [3.05, 3.63) is 46.4 Å². The topological polar surface area (TPSA) is 70.9 Å². The van der Waals surface area contributed by atoms with E-state index in [0.717, 1.165) is 12.2 Å². The molecule has 0 radical (unpaired) electrons. The summed E-state index contributed by atoms with van der Waals surface area (Å²) in [5, 5.41) is 3.07. The fourth-order valence-corrected chi connectivity index (χ4v) is 1.44. The minimum absolute atomic E-state index is 0.145. The fraction of sp³-hybridized carbons (Fsp3) is 0.273. The summed E-state index contributed by atoms with van der Waals surface area (Å²) in [4.78, 5) is 17.9. The molecule has 2 N–H and O–H groups in total. The second-order valence-corrected chi connectivity index (χ2v) is 3.47. The standard InChI is InChI=1S/C11H13N3O2/c1-8-13-10(7-11(15)14-8)12-5-4-9-3-2-6-16-9/h2-3,6-7H,4-5H2,1H3,(H2,12,13,14,15). The van der Waals surface area contributed by atoms with E-state index in [1.165, 1.54) is 6.07 Å². The number of aromatic amines is 1. The molecule has 16 heavy (non-hydrogen) atoms. The number of H-pyrrole nitrogens is 1. The number of nitrogens with one attached hydrogen (secondary N) is 2. The molecule has 0 spiro atoms. The Balaban J connectivity index is 1.92. The van der Waals surface area contributed by atoms with Crippen LogP contribution >= 0.6 is 0 Å². The predicted molar refractivity (Wildman–Crippen MR) is 60.5 cm³/mol. The Morgan fingerprint density at radius 3 is 3.12 bits per heavy atom. The minimum atomic E-state index is -0.145. The van der Waals surface area contributed by atoms with Gasteiger partial charge in [-0.1, -0.05) is 0 Å². The highest BCUT2D eigenvalue weighted by atomic mass is 16.3. The van der Waals surface area contributed by atoms with E-state index in [-0.39, 0.29) is 5.56 Å². The van der Waals surface area contributed by atoms with E-state index in [4.69, 9.17) is 4.42 Å². The van der Waals surface area contributed by atoms with Crippen LogP contribution in [0.25, 0.3) is 0 Å². The predicted octanol–water partition coefficient (Wildman–Crippen LogP) is 1.33. The highest BCUT2D eigenvalue weighted by Gasteiger charge is 1.98. The molecule has 0 aromatic carbocycles. The average Bonchev–Trinajstić information content (AvgIpc) is 2.69. The smallest absolute Gasteiger partial charge is 0.252 e. The number of aromatic nitrogens is 2. The quantitative estimate of drug-likeness (QED) is 0.813. The Morgan fingerprint density at radius 2 is 2.44 bits per heavy atom. The Bertz CT molecular complexity index is 502.